The number of carbonyl (C=O) groups is 2. The third-order valence-corrected chi connectivity index (χ3v) is 7.01. The number of ether oxygens (including phenoxy) is 2. The molecule has 0 radical (unpaired) electrons. The molecule has 2 fully saturated rings. The van der Waals surface area contributed by atoms with Gasteiger partial charge < -0.3 is 14.8 Å². The number of hydrogen-bond acceptors (Lipinski definition) is 5. The molecular formula is C25H31N3O4. The number of urea groups is 1. The average Bonchev–Trinajstić information content (AvgIpc) is 3.14. The maximum Gasteiger partial charge on any atom is 0.343 e. The van der Waals surface area contributed by atoms with Crippen LogP contribution in [0.4, 0.5) is 10.5 Å². The van der Waals surface area contributed by atoms with Gasteiger partial charge in [-0.25, -0.2) is 9.59 Å². The fourth-order valence-electron chi connectivity index (χ4n) is 5.07. The van der Waals surface area contributed by atoms with Crippen molar-refractivity contribution in [3.63, 3.8) is 0 Å². The lowest BCUT2D eigenvalue weighted by atomic mass is 9.69. The summed E-state index contributed by atoms with van der Waals surface area (Å²) in [7, 11) is 5.60. The van der Waals surface area contributed by atoms with Crippen molar-refractivity contribution in [2.45, 2.75) is 36.8 Å². The van der Waals surface area contributed by atoms with Gasteiger partial charge in [-0.1, -0.05) is 42.5 Å². The highest BCUT2D eigenvalue weighted by molar-refractivity contribution is 5.96. The molecule has 2 aromatic carbocycles. The largest absolute Gasteiger partial charge is 0.480 e. The van der Waals surface area contributed by atoms with Crippen molar-refractivity contribution in [1.29, 1.82) is 0 Å². The molecule has 1 saturated carbocycles. The van der Waals surface area contributed by atoms with Gasteiger partial charge >= 0.3 is 12.0 Å². The number of carbonyl (C=O) groups excluding carboxylic acids is 2. The number of nitrogens with zero attached hydrogens (tertiary/aromatic N) is 2. The Kier molecular flexibility index (Phi) is 6.11. The lowest BCUT2D eigenvalue weighted by molar-refractivity contribution is -0.142. The highest BCUT2D eigenvalue weighted by Gasteiger charge is 2.50. The van der Waals surface area contributed by atoms with Crippen molar-refractivity contribution in [1.82, 2.24) is 10.2 Å². The topological polar surface area (TPSA) is 71.1 Å². The molecule has 7 heteroatoms. The van der Waals surface area contributed by atoms with E-state index in [0.29, 0.717) is 18.0 Å². The highest BCUT2D eigenvalue weighted by atomic mass is 16.6. The summed E-state index contributed by atoms with van der Waals surface area (Å²) in [6.45, 7) is 0.374. The average molecular weight is 438 g/mol. The predicted octanol–water partition coefficient (Wildman–Crippen LogP) is 3.54. The van der Waals surface area contributed by atoms with Gasteiger partial charge in [0.25, 0.3) is 0 Å². The first-order valence-electron chi connectivity index (χ1n) is 11.0. The lowest BCUT2D eigenvalue weighted by Crippen LogP contribution is -2.54. The molecule has 2 amide bonds. The number of para-hydroxylation sites is 2. The fourth-order valence-corrected chi connectivity index (χ4v) is 5.07. The van der Waals surface area contributed by atoms with Crippen molar-refractivity contribution in [3.05, 3.63) is 60.2 Å². The van der Waals surface area contributed by atoms with Crippen LogP contribution in [0.15, 0.2) is 54.6 Å². The van der Waals surface area contributed by atoms with Crippen LogP contribution < -0.4 is 15.0 Å². The second kappa shape index (κ2) is 8.82. The zero-order valence-electron chi connectivity index (χ0n) is 19.0. The Labute approximate surface area is 189 Å². The van der Waals surface area contributed by atoms with E-state index in [0.717, 1.165) is 25.7 Å². The van der Waals surface area contributed by atoms with E-state index >= 15 is 0 Å². The molecule has 1 aliphatic heterocycles. The number of hydrogen-bond donors (Lipinski definition) is 1. The van der Waals surface area contributed by atoms with Gasteiger partial charge in [0.15, 0.2) is 6.61 Å². The van der Waals surface area contributed by atoms with E-state index in [1.165, 1.54) is 12.7 Å². The standard InChI is InChI=1S/C25H31N3O4/c1-27(2)25(19-9-5-4-6-10-19)15-13-24(14-16-25)18-28(23(30)26-24)20-11-7-8-12-21(20)32-17-22(29)31-3/h4-12H,13-18H2,1-3H3,(H,26,30). The van der Waals surface area contributed by atoms with E-state index in [9.17, 15) is 9.59 Å². The Balaban J connectivity index is 1.52. The molecule has 32 heavy (non-hydrogen) atoms. The third-order valence-electron chi connectivity index (χ3n) is 7.01. The van der Waals surface area contributed by atoms with Crippen LogP contribution >= 0.6 is 0 Å². The molecule has 0 bridgehead atoms. The van der Waals surface area contributed by atoms with E-state index in [1.807, 2.05) is 24.3 Å². The normalized spacial score (nSPS) is 25.1. The monoisotopic (exact) mass is 437 g/mol. The summed E-state index contributed by atoms with van der Waals surface area (Å²) < 4.78 is 10.3. The van der Waals surface area contributed by atoms with E-state index in [1.54, 1.807) is 11.0 Å². The van der Waals surface area contributed by atoms with Gasteiger partial charge in [-0.3, -0.25) is 9.80 Å². The first kappa shape index (κ1) is 22.1. The van der Waals surface area contributed by atoms with Crippen LogP contribution in [0.5, 0.6) is 5.75 Å². The molecule has 1 heterocycles. The number of methoxy groups -OCH3 is 1. The summed E-state index contributed by atoms with van der Waals surface area (Å²) >= 11 is 0. The number of rotatable bonds is 6. The molecule has 0 unspecified atom stereocenters. The maximum absolute atomic E-state index is 13.0. The summed E-state index contributed by atoms with van der Waals surface area (Å²) in [5, 5.41) is 3.27. The van der Waals surface area contributed by atoms with Crippen molar-refractivity contribution in [2.75, 3.05) is 39.3 Å². The Morgan fingerprint density at radius 3 is 2.34 bits per heavy atom. The van der Waals surface area contributed by atoms with E-state index in [2.05, 4.69) is 53.3 Å². The van der Waals surface area contributed by atoms with E-state index in [-0.39, 0.29) is 23.7 Å². The number of anilines is 1. The summed E-state index contributed by atoms with van der Waals surface area (Å²) in [6.07, 6.45) is 3.68. The van der Waals surface area contributed by atoms with Gasteiger partial charge in [0.05, 0.1) is 24.9 Å². The first-order valence-corrected chi connectivity index (χ1v) is 11.0. The minimum atomic E-state index is -0.463. The molecule has 2 aliphatic rings. The molecule has 4 rings (SSSR count). The van der Waals surface area contributed by atoms with Crippen molar-refractivity contribution in [2.24, 2.45) is 0 Å². The van der Waals surface area contributed by atoms with Gasteiger partial charge in [-0.2, -0.15) is 0 Å². The quantitative estimate of drug-likeness (QED) is 0.700. The highest BCUT2D eigenvalue weighted by Crippen LogP contribution is 2.46. The van der Waals surface area contributed by atoms with Crippen LogP contribution in [0, 0.1) is 0 Å². The van der Waals surface area contributed by atoms with Gasteiger partial charge in [-0.05, 0) is 57.5 Å². The second-order valence-electron chi connectivity index (χ2n) is 8.92. The summed E-state index contributed by atoms with van der Waals surface area (Å²) in [6, 6.07) is 17.8. The molecule has 0 atom stereocenters. The summed E-state index contributed by atoms with van der Waals surface area (Å²) in [5.41, 5.74) is 1.67. The van der Waals surface area contributed by atoms with Crippen molar-refractivity contribution < 1.29 is 19.1 Å². The third kappa shape index (κ3) is 4.05. The van der Waals surface area contributed by atoms with Gasteiger partial charge in [-0.15, -0.1) is 0 Å². The number of esters is 1. The Morgan fingerprint density at radius 2 is 1.69 bits per heavy atom. The van der Waals surface area contributed by atoms with Gasteiger partial charge in [0.1, 0.15) is 5.75 Å². The van der Waals surface area contributed by atoms with Gasteiger partial charge in [0.2, 0.25) is 0 Å². The molecule has 1 aliphatic carbocycles. The number of amides is 2. The zero-order valence-corrected chi connectivity index (χ0v) is 19.0. The van der Waals surface area contributed by atoms with Crippen molar-refractivity contribution >= 4 is 17.7 Å². The predicted molar refractivity (Wildman–Crippen MR) is 123 cm³/mol. The van der Waals surface area contributed by atoms with Crippen LogP contribution in [-0.2, 0) is 15.1 Å². The van der Waals surface area contributed by atoms with E-state index < -0.39 is 5.97 Å². The molecule has 1 spiro atoms. The molecule has 1 saturated heterocycles. The molecular weight excluding hydrogens is 406 g/mol. The smallest absolute Gasteiger partial charge is 0.343 e. The van der Waals surface area contributed by atoms with Gasteiger partial charge in [0, 0.05) is 5.54 Å². The Morgan fingerprint density at radius 1 is 1.03 bits per heavy atom. The lowest BCUT2D eigenvalue weighted by Gasteiger charge is -2.48. The van der Waals surface area contributed by atoms with Crippen LogP contribution in [-0.4, -0.2) is 56.8 Å². The molecule has 2 aromatic rings. The maximum atomic E-state index is 13.0. The minimum Gasteiger partial charge on any atom is -0.480 e. The molecule has 170 valence electrons. The molecule has 7 nitrogen and oxygen atoms in total. The second-order valence-corrected chi connectivity index (χ2v) is 8.92. The molecule has 1 N–H and O–H groups in total. The minimum absolute atomic E-state index is 0.0355. The molecule has 0 aromatic heterocycles. The summed E-state index contributed by atoms with van der Waals surface area (Å²) in [4.78, 5) is 28.6. The fraction of sp³-hybridized carbons (Fsp3) is 0.440. The van der Waals surface area contributed by atoms with Crippen LogP contribution in [0.2, 0.25) is 0 Å². The van der Waals surface area contributed by atoms with Crippen molar-refractivity contribution in [3.8, 4) is 5.75 Å². The Bertz CT molecular complexity index is 968. The van der Waals surface area contributed by atoms with Crippen LogP contribution in [0.1, 0.15) is 31.2 Å². The first-order chi connectivity index (χ1) is 15.4. The number of benzene rings is 2. The van der Waals surface area contributed by atoms with E-state index in [4.69, 9.17) is 4.74 Å². The number of nitrogens with one attached hydrogen (secondary N) is 1. The summed E-state index contributed by atoms with van der Waals surface area (Å²) in [5.74, 6) is 0.0307. The van der Waals surface area contributed by atoms with Crippen LogP contribution in [0.25, 0.3) is 0 Å². The Hall–Kier alpha value is -3.06. The van der Waals surface area contributed by atoms with Crippen LogP contribution in [0.3, 0.4) is 0 Å². The SMILES string of the molecule is COC(=O)COc1ccccc1N1CC2(CCC(c3ccccc3)(N(C)C)CC2)NC1=O. The zero-order chi connectivity index (χ0) is 22.8.